The maximum absolute atomic E-state index is 12.6. The summed E-state index contributed by atoms with van der Waals surface area (Å²) in [5.74, 6) is 0.581. The fourth-order valence-corrected chi connectivity index (χ4v) is 2.24. The molecular weight excluding hydrogens is 290 g/mol. The molecule has 0 aromatic heterocycles. The summed E-state index contributed by atoms with van der Waals surface area (Å²) in [4.78, 5) is 24.1. The van der Waals surface area contributed by atoms with E-state index in [2.05, 4.69) is 5.32 Å². The number of amides is 1. The number of Topliss-reactive ketones (excluding diaryl/α,β-unsaturated/α-hetero) is 1. The van der Waals surface area contributed by atoms with Crippen LogP contribution in [0.15, 0.2) is 48.5 Å². The van der Waals surface area contributed by atoms with Gasteiger partial charge in [-0.25, -0.2) is 0 Å². The molecule has 0 saturated carbocycles. The van der Waals surface area contributed by atoms with Crippen LogP contribution >= 0.6 is 0 Å². The van der Waals surface area contributed by atoms with Gasteiger partial charge in [-0.3, -0.25) is 9.59 Å². The summed E-state index contributed by atoms with van der Waals surface area (Å²) < 4.78 is 5.14. The van der Waals surface area contributed by atoms with Gasteiger partial charge in [0.15, 0.2) is 5.78 Å². The number of ketones is 1. The van der Waals surface area contributed by atoms with Gasteiger partial charge < -0.3 is 10.1 Å². The molecule has 2 aromatic rings. The molecule has 2 aromatic carbocycles. The first-order valence-corrected chi connectivity index (χ1v) is 7.41. The third kappa shape index (κ3) is 3.77. The van der Waals surface area contributed by atoms with Gasteiger partial charge in [0.25, 0.3) is 0 Å². The minimum atomic E-state index is -0.710. The molecule has 2 rings (SSSR count). The van der Waals surface area contributed by atoms with E-state index in [1.165, 1.54) is 6.92 Å². The molecule has 0 heterocycles. The van der Waals surface area contributed by atoms with E-state index < -0.39 is 5.41 Å². The van der Waals surface area contributed by atoms with Crippen molar-refractivity contribution in [1.82, 2.24) is 0 Å². The first-order chi connectivity index (χ1) is 10.8. The van der Waals surface area contributed by atoms with E-state index >= 15 is 0 Å². The van der Waals surface area contributed by atoms with Crippen molar-refractivity contribution in [1.29, 1.82) is 0 Å². The molecule has 0 radical (unpaired) electrons. The summed E-state index contributed by atoms with van der Waals surface area (Å²) in [5, 5.41) is 2.88. The van der Waals surface area contributed by atoms with Crippen LogP contribution in [0.3, 0.4) is 0 Å². The lowest BCUT2D eigenvalue weighted by atomic mass is 9.83. The Bertz CT molecular complexity index is 718. The quantitative estimate of drug-likeness (QED) is 0.854. The standard InChI is InChI=1S/C19H21NO3/c1-13(21)14-6-5-7-16(12-14)20-18(22)19(2,3)15-8-10-17(23-4)11-9-15/h5-12H,1-4H3,(H,20,22). The zero-order valence-corrected chi connectivity index (χ0v) is 13.8. The van der Waals surface area contributed by atoms with Gasteiger partial charge >= 0.3 is 0 Å². The van der Waals surface area contributed by atoms with Crippen LogP contribution in [0.1, 0.15) is 36.7 Å². The molecule has 0 aliphatic heterocycles. The maximum atomic E-state index is 12.6. The Morgan fingerprint density at radius 3 is 2.26 bits per heavy atom. The van der Waals surface area contributed by atoms with Crippen LogP contribution in [0.5, 0.6) is 5.75 Å². The molecule has 1 N–H and O–H groups in total. The summed E-state index contributed by atoms with van der Waals surface area (Å²) in [7, 11) is 1.61. The van der Waals surface area contributed by atoms with Crippen LogP contribution in [0.4, 0.5) is 5.69 Å². The highest BCUT2D eigenvalue weighted by Crippen LogP contribution is 2.27. The summed E-state index contributed by atoms with van der Waals surface area (Å²) >= 11 is 0. The Balaban J connectivity index is 2.20. The predicted octanol–water partition coefficient (Wildman–Crippen LogP) is 3.81. The lowest BCUT2D eigenvalue weighted by molar-refractivity contribution is -0.120. The van der Waals surface area contributed by atoms with Gasteiger partial charge in [0.1, 0.15) is 5.75 Å². The molecule has 0 unspecified atom stereocenters. The molecule has 1 amide bonds. The third-order valence-electron chi connectivity index (χ3n) is 3.91. The molecule has 0 aliphatic carbocycles. The average Bonchev–Trinajstić information content (AvgIpc) is 2.55. The third-order valence-corrected chi connectivity index (χ3v) is 3.91. The van der Waals surface area contributed by atoms with Crippen LogP contribution < -0.4 is 10.1 Å². The Hall–Kier alpha value is -2.62. The van der Waals surface area contributed by atoms with E-state index in [0.717, 1.165) is 11.3 Å². The van der Waals surface area contributed by atoms with Crippen molar-refractivity contribution in [3.8, 4) is 5.75 Å². The number of nitrogens with one attached hydrogen (secondary N) is 1. The second-order valence-electron chi connectivity index (χ2n) is 5.94. The molecule has 120 valence electrons. The Morgan fingerprint density at radius 2 is 1.70 bits per heavy atom. The van der Waals surface area contributed by atoms with Crippen LogP contribution in [0.25, 0.3) is 0 Å². The van der Waals surface area contributed by atoms with E-state index in [9.17, 15) is 9.59 Å². The number of methoxy groups -OCH3 is 1. The summed E-state index contributed by atoms with van der Waals surface area (Å²) in [6.45, 7) is 5.22. The van der Waals surface area contributed by atoms with Crippen LogP contribution in [0.2, 0.25) is 0 Å². The minimum Gasteiger partial charge on any atom is -0.497 e. The number of ether oxygens (including phenoxy) is 1. The van der Waals surface area contributed by atoms with Crippen molar-refractivity contribution in [3.63, 3.8) is 0 Å². The lowest BCUT2D eigenvalue weighted by Gasteiger charge is -2.24. The van der Waals surface area contributed by atoms with Crippen molar-refractivity contribution < 1.29 is 14.3 Å². The fourth-order valence-electron chi connectivity index (χ4n) is 2.24. The Labute approximate surface area is 136 Å². The van der Waals surface area contributed by atoms with E-state index in [1.54, 1.807) is 31.4 Å². The summed E-state index contributed by atoms with van der Waals surface area (Å²) in [6.07, 6.45) is 0. The Kier molecular flexibility index (Phi) is 4.84. The van der Waals surface area contributed by atoms with Gasteiger partial charge in [0.2, 0.25) is 5.91 Å². The van der Waals surface area contributed by atoms with Crippen molar-refractivity contribution in [3.05, 3.63) is 59.7 Å². The van der Waals surface area contributed by atoms with Crippen LogP contribution in [-0.2, 0) is 10.2 Å². The fraction of sp³-hybridized carbons (Fsp3) is 0.263. The van der Waals surface area contributed by atoms with Gasteiger partial charge in [-0.15, -0.1) is 0 Å². The van der Waals surface area contributed by atoms with Crippen molar-refractivity contribution in [2.75, 3.05) is 12.4 Å². The van der Waals surface area contributed by atoms with Gasteiger partial charge in [-0.2, -0.15) is 0 Å². The molecule has 23 heavy (non-hydrogen) atoms. The van der Waals surface area contributed by atoms with Gasteiger partial charge in [-0.05, 0) is 50.6 Å². The van der Waals surface area contributed by atoms with Crippen molar-refractivity contribution in [2.45, 2.75) is 26.2 Å². The van der Waals surface area contributed by atoms with Crippen LogP contribution in [-0.4, -0.2) is 18.8 Å². The summed E-state index contributed by atoms with van der Waals surface area (Å²) in [5.41, 5.74) is 1.37. The maximum Gasteiger partial charge on any atom is 0.234 e. The topological polar surface area (TPSA) is 55.4 Å². The molecule has 0 bridgehead atoms. The number of benzene rings is 2. The first kappa shape index (κ1) is 16.7. The average molecular weight is 311 g/mol. The Morgan fingerprint density at radius 1 is 1.04 bits per heavy atom. The van der Waals surface area contributed by atoms with E-state index in [1.807, 2.05) is 38.1 Å². The molecule has 0 spiro atoms. The number of anilines is 1. The zero-order valence-electron chi connectivity index (χ0n) is 13.8. The van der Waals surface area contributed by atoms with E-state index in [-0.39, 0.29) is 11.7 Å². The van der Waals surface area contributed by atoms with Crippen molar-refractivity contribution >= 4 is 17.4 Å². The van der Waals surface area contributed by atoms with Crippen molar-refractivity contribution in [2.24, 2.45) is 0 Å². The molecular formula is C19H21NO3. The highest BCUT2D eigenvalue weighted by atomic mass is 16.5. The molecule has 0 atom stereocenters. The molecule has 0 saturated heterocycles. The second-order valence-corrected chi connectivity index (χ2v) is 5.94. The number of carbonyl (C=O) groups is 2. The monoisotopic (exact) mass is 311 g/mol. The van der Waals surface area contributed by atoms with Crippen LogP contribution in [0, 0.1) is 0 Å². The second kappa shape index (κ2) is 6.65. The number of carbonyl (C=O) groups excluding carboxylic acids is 2. The van der Waals surface area contributed by atoms with Gasteiger partial charge in [-0.1, -0.05) is 24.3 Å². The molecule has 0 aliphatic rings. The zero-order chi connectivity index (χ0) is 17.0. The highest BCUT2D eigenvalue weighted by Gasteiger charge is 2.29. The van der Waals surface area contributed by atoms with E-state index in [0.29, 0.717) is 11.3 Å². The van der Waals surface area contributed by atoms with E-state index in [4.69, 9.17) is 4.74 Å². The summed E-state index contributed by atoms with van der Waals surface area (Å²) in [6, 6.07) is 14.4. The minimum absolute atomic E-state index is 0.0319. The van der Waals surface area contributed by atoms with Gasteiger partial charge in [0.05, 0.1) is 12.5 Å². The SMILES string of the molecule is COc1ccc(C(C)(C)C(=O)Nc2cccc(C(C)=O)c2)cc1. The number of hydrogen-bond acceptors (Lipinski definition) is 3. The largest absolute Gasteiger partial charge is 0.497 e. The van der Waals surface area contributed by atoms with Gasteiger partial charge in [0, 0.05) is 11.3 Å². The number of hydrogen-bond donors (Lipinski definition) is 1. The normalized spacial score (nSPS) is 11.0. The first-order valence-electron chi connectivity index (χ1n) is 7.41. The molecule has 0 fully saturated rings. The lowest BCUT2D eigenvalue weighted by Crippen LogP contribution is -2.34. The predicted molar refractivity (Wildman–Crippen MR) is 91.1 cm³/mol. The molecule has 4 heteroatoms. The smallest absolute Gasteiger partial charge is 0.234 e. The number of rotatable bonds is 5. The highest BCUT2D eigenvalue weighted by molar-refractivity contribution is 6.00. The molecule has 4 nitrogen and oxygen atoms in total.